The minimum atomic E-state index is 0.105. The Bertz CT molecular complexity index is 545. The largest absolute Gasteiger partial charge is 0.351 e. The Morgan fingerprint density at radius 3 is 2.43 bits per heavy atom. The predicted molar refractivity (Wildman–Crippen MR) is 85.7 cm³/mol. The van der Waals surface area contributed by atoms with Gasteiger partial charge in [0.25, 0.3) is 0 Å². The first-order valence-electron chi connectivity index (χ1n) is 9.26. The zero-order chi connectivity index (χ0) is 15.9. The topological polar surface area (TPSA) is 68.0 Å². The number of amides is 1. The van der Waals surface area contributed by atoms with E-state index in [1.807, 2.05) is 0 Å². The number of aryl methyl sites for hydroxylation is 2. The summed E-state index contributed by atoms with van der Waals surface area (Å²) >= 11 is 0. The smallest absolute Gasteiger partial charge is 0.227 e. The van der Waals surface area contributed by atoms with E-state index in [2.05, 4.69) is 22.4 Å². The Labute approximate surface area is 137 Å². The molecule has 4 fully saturated rings. The van der Waals surface area contributed by atoms with Gasteiger partial charge in [-0.25, -0.2) is 0 Å². The maximum absolute atomic E-state index is 12.4. The highest BCUT2D eigenvalue weighted by Gasteiger charge is 2.51. The van der Waals surface area contributed by atoms with Gasteiger partial charge in [0.1, 0.15) is 0 Å². The van der Waals surface area contributed by atoms with Crippen LogP contribution in [0.1, 0.15) is 70.0 Å². The Kier molecular flexibility index (Phi) is 3.90. The molecule has 4 bridgehead atoms. The van der Waals surface area contributed by atoms with Crippen molar-refractivity contribution in [1.29, 1.82) is 0 Å². The third kappa shape index (κ3) is 3.15. The van der Waals surface area contributed by atoms with Crippen LogP contribution in [-0.2, 0) is 17.6 Å². The second-order valence-electron chi connectivity index (χ2n) is 8.10. The van der Waals surface area contributed by atoms with E-state index in [9.17, 15) is 4.79 Å². The van der Waals surface area contributed by atoms with Crippen LogP contribution in [0.3, 0.4) is 0 Å². The first kappa shape index (κ1) is 15.2. The fourth-order valence-electron chi connectivity index (χ4n) is 5.56. The van der Waals surface area contributed by atoms with Crippen LogP contribution in [-0.4, -0.2) is 21.6 Å². The fraction of sp³-hybridized carbons (Fsp3) is 0.833. The number of hydrogen-bond donors (Lipinski definition) is 1. The van der Waals surface area contributed by atoms with E-state index >= 15 is 0 Å². The van der Waals surface area contributed by atoms with Crippen LogP contribution in [0.15, 0.2) is 4.52 Å². The average Bonchev–Trinajstić information content (AvgIpc) is 2.91. The molecule has 4 aliphatic carbocycles. The number of carbonyl (C=O) groups is 1. The first-order chi connectivity index (χ1) is 11.1. The lowest BCUT2D eigenvalue weighted by Gasteiger charge is -2.56. The summed E-state index contributed by atoms with van der Waals surface area (Å²) in [6, 6.07) is 0. The molecule has 5 heteroatoms. The third-order valence-corrected chi connectivity index (χ3v) is 5.99. The molecule has 23 heavy (non-hydrogen) atoms. The van der Waals surface area contributed by atoms with Crippen LogP contribution in [0.2, 0.25) is 0 Å². The summed E-state index contributed by atoms with van der Waals surface area (Å²) in [5, 5.41) is 7.34. The van der Waals surface area contributed by atoms with Crippen molar-refractivity contribution in [1.82, 2.24) is 15.5 Å². The lowest BCUT2D eigenvalue weighted by atomic mass is 9.53. The van der Waals surface area contributed by atoms with Crippen molar-refractivity contribution >= 4 is 5.91 Å². The molecular formula is C18H27N3O2. The van der Waals surface area contributed by atoms with E-state index in [1.165, 1.54) is 38.5 Å². The molecule has 1 N–H and O–H groups in total. The summed E-state index contributed by atoms with van der Waals surface area (Å²) in [5.41, 5.74) is 0.105. The summed E-state index contributed by atoms with van der Waals surface area (Å²) in [6.45, 7) is 2.09. The minimum Gasteiger partial charge on any atom is -0.351 e. The van der Waals surface area contributed by atoms with Gasteiger partial charge in [0, 0.05) is 24.8 Å². The van der Waals surface area contributed by atoms with Crippen LogP contribution in [0.4, 0.5) is 0 Å². The Morgan fingerprint density at radius 2 is 1.83 bits per heavy atom. The molecule has 1 aromatic heterocycles. The van der Waals surface area contributed by atoms with Crippen LogP contribution < -0.4 is 5.32 Å². The van der Waals surface area contributed by atoms with E-state index in [1.54, 1.807) is 0 Å². The van der Waals surface area contributed by atoms with Crippen molar-refractivity contribution in [2.75, 3.05) is 0 Å². The van der Waals surface area contributed by atoms with Gasteiger partial charge in [-0.1, -0.05) is 12.1 Å². The van der Waals surface area contributed by atoms with Crippen molar-refractivity contribution in [2.24, 2.45) is 17.8 Å². The van der Waals surface area contributed by atoms with Gasteiger partial charge in [0.15, 0.2) is 5.82 Å². The van der Waals surface area contributed by atoms with Crippen LogP contribution in [0.5, 0.6) is 0 Å². The van der Waals surface area contributed by atoms with E-state index in [0.717, 1.165) is 36.4 Å². The van der Waals surface area contributed by atoms with Crippen molar-refractivity contribution in [2.45, 2.75) is 76.7 Å². The SMILES string of the molecule is CCCc1noc(CCC(=O)NC23CC4CC(CC(C4)C2)C3)n1. The molecule has 4 aliphatic rings. The minimum absolute atomic E-state index is 0.105. The van der Waals surface area contributed by atoms with Crippen molar-refractivity contribution in [3.05, 3.63) is 11.7 Å². The second kappa shape index (κ2) is 5.91. The Morgan fingerprint density at radius 1 is 1.17 bits per heavy atom. The Balaban J connectivity index is 1.31. The molecule has 0 unspecified atom stereocenters. The molecule has 4 saturated carbocycles. The number of nitrogens with zero attached hydrogens (tertiary/aromatic N) is 2. The van der Waals surface area contributed by atoms with Crippen LogP contribution >= 0.6 is 0 Å². The highest BCUT2D eigenvalue weighted by Crippen LogP contribution is 2.55. The monoisotopic (exact) mass is 317 g/mol. The number of rotatable bonds is 6. The summed E-state index contributed by atoms with van der Waals surface area (Å²) in [5.74, 6) is 4.07. The number of nitrogens with one attached hydrogen (secondary N) is 1. The van der Waals surface area contributed by atoms with Gasteiger partial charge in [-0.2, -0.15) is 4.98 Å². The molecule has 5 nitrogen and oxygen atoms in total. The van der Waals surface area contributed by atoms with Crippen molar-refractivity contribution in [3.63, 3.8) is 0 Å². The van der Waals surface area contributed by atoms with Gasteiger partial charge in [-0.15, -0.1) is 0 Å². The quantitative estimate of drug-likeness (QED) is 0.875. The molecule has 1 amide bonds. The molecule has 0 spiro atoms. The molecular weight excluding hydrogens is 290 g/mol. The summed E-state index contributed by atoms with van der Waals surface area (Å²) in [6.07, 6.45) is 10.6. The molecule has 0 atom stereocenters. The number of aromatic nitrogens is 2. The highest BCUT2D eigenvalue weighted by molar-refractivity contribution is 5.77. The number of carbonyl (C=O) groups excluding carboxylic acids is 1. The van der Waals surface area contributed by atoms with Gasteiger partial charge >= 0.3 is 0 Å². The molecule has 1 heterocycles. The highest BCUT2D eigenvalue weighted by atomic mass is 16.5. The summed E-state index contributed by atoms with van der Waals surface area (Å²) < 4.78 is 5.22. The first-order valence-corrected chi connectivity index (χ1v) is 9.26. The molecule has 126 valence electrons. The zero-order valence-electron chi connectivity index (χ0n) is 14.0. The van der Waals surface area contributed by atoms with Gasteiger partial charge in [-0.3, -0.25) is 4.79 Å². The second-order valence-corrected chi connectivity index (χ2v) is 8.10. The molecule has 0 aliphatic heterocycles. The summed E-state index contributed by atoms with van der Waals surface area (Å²) in [4.78, 5) is 16.8. The van der Waals surface area contributed by atoms with Gasteiger partial charge in [-0.05, 0) is 62.7 Å². The molecule has 0 aromatic carbocycles. The van der Waals surface area contributed by atoms with E-state index in [-0.39, 0.29) is 11.4 Å². The summed E-state index contributed by atoms with van der Waals surface area (Å²) in [7, 11) is 0. The lowest BCUT2D eigenvalue weighted by Crippen LogP contribution is -2.59. The van der Waals surface area contributed by atoms with Gasteiger partial charge < -0.3 is 9.84 Å². The van der Waals surface area contributed by atoms with Crippen molar-refractivity contribution < 1.29 is 9.32 Å². The maximum Gasteiger partial charge on any atom is 0.227 e. The van der Waals surface area contributed by atoms with Gasteiger partial charge in [0.05, 0.1) is 0 Å². The normalized spacial score (nSPS) is 34.7. The van der Waals surface area contributed by atoms with Crippen LogP contribution in [0, 0.1) is 17.8 Å². The number of hydrogen-bond acceptors (Lipinski definition) is 4. The molecule has 0 saturated heterocycles. The zero-order valence-corrected chi connectivity index (χ0v) is 14.0. The molecule has 5 rings (SSSR count). The standard InChI is InChI=1S/C18H27N3O2/c1-2-3-15-19-17(23-21-15)5-4-16(22)20-18-9-12-6-13(10-18)8-14(7-12)11-18/h12-14H,2-11H2,1H3,(H,20,22). The average molecular weight is 317 g/mol. The maximum atomic E-state index is 12.4. The van der Waals surface area contributed by atoms with E-state index < -0.39 is 0 Å². The predicted octanol–water partition coefficient (Wildman–Crippen LogP) is 3.04. The van der Waals surface area contributed by atoms with Crippen molar-refractivity contribution in [3.8, 4) is 0 Å². The van der Waals surface area contributed by atoms with E-state index in [0.29, 0.717) is 18.7 Å². The Hall–Kier alpha value is -1.39. The van der Waals surface area contributed by atoms with Gasteiger partial charge in [0.2, 0.25) is 11.8 Å². The molecule has 1 aromatic rings. The van der Waals surface area contributed by atoms with E-state index in [4.69, 9.17) is 4.52 Å². The fourth-order valence-corrected chi connectivity index (χ4v) is 5.56. The third-order valence-electron chi connectivity index (χ3n) is 5.99. The lowest BCUT2D eigenvalue weighted by molar-refractivity contribution is -0.126. The molecule has 0 radical (unpaired) electrons. The van der Waals surface area contributed by atoms with Crippen LogP contribution in [0.25, 0.3) is 0 Å².